The van der Waals surface area contributed by atoms with Gasteiger partial charge < -0.3 is 25.5 Å². The predicted molar refractivity (Wildman–Crippen MR) is 102 cm³/mol. The normalized spacial score (nSPS) is 10.0. The van der Waals surface area contributed by atoms with Crippen molar-refractivity contribution in [1.29, 1.82) is 0 Å². The van der Waals surface area contributed by atoms with Crippen molar-refractivity contribution in [3.05, 3.63) is 10.6 Å². The number of carboxylic acid groups (broad SMARTS) is 4. The molecule has 1 aromatic heterocycles. The molecular formula is C13H18Cl2N5NaO9. The van der Waals surface area contributed by atoms with E-state index >= 15 is 0 Å². The molecule has 0 aliphatic heterocycles. The number of aromatic nitrogens is 3. The molecule has 0 aliphatic rings. The number of aromatic hydroxyl groups is 1. The summed E-state index contributed by atoms with van der Waals surface area (Å²) in [5.74, 6) is -4.91. The van der Waals surface area contributed by atoms with Gasteiger partial charge in [0.2, 0.25) is 10.6 Å². The van der Waals surface area contributed by atoms with E-state index in [9.17, 15) is 19.2 Å². The Morgan fingerprint density at radius 2 is 0.933 bits per heavy atom. The van der Waals surface area contributed by atoms with Gasteiger partial charge in [-0.1, -0.05) is 0 Å². The molecular weight excluding hydrogens is 464 g/mol. The predicted octanol–water partition coefficient (Wildman–Crippen LogP) is -1.84. The number of rotatable bonds is 11. The van der Waals surface area contributed by atoms with Crippen LogP contribution in [0.5, 0.6) is 6.01 Å². The molecule has 5 N–H and O–H groups in total. The van der Waals surface area contributed by atoms with E-state index in [-0.39, 0.29) is 53.2 Å². The molecule has 0 unspecified atom stereocenters. The summed E-state index contributed by atoms with van der Waals surface area (Å²) >= 11 is 10.5. The number of nitrogens with zero attached hydrogens (tertiary/aromatic N) is 5. The molecule has 164 valence electrons. The first-order chi connectivity index (χ1) is 13.4. The third-order valence-corrected chi connectivity index (χ3v) is 3.08. The summed E-state index contributed by atoms with van der Waals surface area (Å²) < 4.78 is 0. The Hall–Kier alpha value is -1.81. The third-order valence-electron chi connectivity index (χ3n) is 2.74. The number of hydrogen-bond acceptors (Lipinski definition) is 10. The van der Waals surface area contributed by atoms with Crippen molar-refractivity contribution < 1.29 is 44.7 Å². The van der Waals surface area contributed by atoms with Gasteiger partial charge in [-0.05, 0) is 23.2 Å². The summed E-state index contributed by atoms with van der Waals surface area (Å²) in [6.45, 7) is -2.25. The monoisotopic (exact) mass is 481 g/mol. The Kier molecular flexibility index (Phi) is 16.2. The fraction of sp³-hybridized carbons (Fsp3) is 0.462. The average molecular weight is 482 g/mol. The van der Waals surface area contributed by atoms with Gasteiger partial charge in [-0.15, -0.1) is 0 Å². The summed E-state index contributed by atoms with van der Waals surface area (Å²) in [4.78, 5) is 54.2. The van der Waals surface area contributed by atoms with Crippen LogP contribution in [0.2, 0.25) is 10.6 Å². The second kappa shape index (κ2) is 16.0. The molecule has 1 heterocycles. The molecule has 0 amide bonds. The van der Waals surface area contributed by atoms with E-state index in [1.807, 2.05) is 0 Å². The number of aliphatic carboxylic acids is 4. The van der Waals surface area contributed by atoms with Gasteiger partial charge in [0, 0.05) is 13.1 Å². The Morgan fingerprint density at radius 3 is 1.13 bits per heavy atom. The van der Waals surface area contributed by atoms with E-state index in [0.717, 1.165) is 9.80 Å². The number of carbonyl (C=O) groups is 4. The van der Waals surface area contributed by atoms with Gasteiger partial charge in [0.1, 0.15) is 0 Å². The van der Waals surface area contributed by atoms with Crippen LogP contribution in [0.3, 0.4) is 0 Å². The topological polar surface area (TPSA) is 215 Å². The summed E-state index contributed by atoms with van der Waals surface area (Å²) in [6, 6.07) is -0.472. The Balaban J connectivity index is 0. The van der Waals surface area contributed by atoms with E-state index in [2.05, 4.69) is 15.0 Å². The van der Waals surface area contributed by atoms with Gasteiger partial charge in [-0.25, -0.2) is 0 Å². The zero-order chi connectivity index (χ0) is 22.6. The summed E-state index contributed by atoms with van der Waals surface area (Å²) in [5, 5.41) is 42.8. The zero-order valence-corrected chi connectivity index (χ0v) is 16.1. The van der Waals surface area contributed by atoms with Crippen LogP contribution in [0.1, 0.15) is 0 Å². The van der Waals surface area contributed by atoms with Gasteiger partial charge in [0.05, 0.1) is 26.2 Å². The molecule has 0 saturated heterocycles. The first-order valence-corrected chi connectivity index (χ1v) is 8.22. The van der Waals surface area contributed by atoms with Crippen LogP contribution >= 0.6 is 23.2 Å². The second-order valence-electron chi connectivity index (χ2n) is 5.17. The van der Waals surface area contributed by atoms with E-state index in [4.69, 9.17) is 48.7 Å². The van der Waals surface area contributed by atoms with Crippen molar-refractivity contribution in [3.63, 3.8) is 0 Å². The SMILES string of the molecule is O=C(O)CN(CCN(CC(=O)O)CC(=O)O)CC(=O)O.Oc1nc(Cl)nc(Cl)n1.[NaH]. The maximum atomic E-state index is 10.6. The van der Waals surface area contributed by atoms with Crippen LogP contribution in [0.4, 0.5) is 0 Å². The molecule has 1 aromatic rings. The first-order valence-electron chi connectivity index (χ1n) is 7.47. The van der Waals surface area contributed by atoms with Crippen molar-refractivity contribution in [3.8, 4) is 6.01 Å². The van der Waals surface area contributed by atoms with Crippen LogP contribution in [0, 0.1) is 0 Å². The van der Waals surface area contributed by atoms with Gasteiger partial charge in [-0.3, -0.25) is 29.0 Å². The second-order valence-corrected chi connectivity index (χ2v) is 5.85. The van der Waals surface area contributed by atoms with Crippen molar-refractivity contribution in [2.75, 3.05) is 39.3 Å². The number of halogens is 2. The van der Waals surface area contributed by atoms with Crippen LogP contribution in [-0.4, -0.2) is 143 Å². The van der Waals surface area contributed by atoms with Crippen molar-refractivity contribution >= 4 is 76.6 Å². The zero-order valence-electron chi connectivity index (χ0n) is 14.6. The van der Waals surface area contributed by atoms with Gasteiger partial charge in [0.15, 0.2) is 0 Å². The fourth-order valence-corrected chi connectivity index (χ4v) is 2.15. The molecule has 0 radical (unpaired) electrons. The van der Waals surface area contributed by atoms with Gasteiger partial charge in [0.25, 0.3) is 0 Å². The summed E-state index contributed by atoms with van der Waals surface area (Å²) in [7, 11) is 0. The third kappa shape index (κ3) is 17.1. The van der Waals surface area contributed by atoms with Gasteiger partial charge >= 0.3 is 59.4 Å². The van der Waals surface area contributed by atoms with E-state index in [1.165, 1.54) is 0 Å². The van der Waals surface area contributed by atoms with E-state index < -0.39 is 56.1 Å². The number of carboxylic acids is 4. The van der Waals surface area contributed by atoms with Crippen LogP contribution in [0.15, 0.2) is 0 Å². The van der Waals surface area contributed by atoms with Crippen LogP contribution in [-0.2, 0) is 19.2 Å². The molecule has 0 saturated carbocycles. The van der Waals surface area contributed by atoms with E-state index in [1.54, 1.807) is 0 Å². The molecule has 0 fully saturated rings. The van der Waals surface area contributed by atoms with Crippen molar-refractivity contribution in [1.82, 2.24) is 24.8 Å². The Bertz CT molecular complexity index is 624. The van der Waals surface area contributed by atoms with E-state index in [0.29, 0.717) is 0 Å². The van der Waals surface area contributed by atoms with Crippen molar-refractivity contribution in [2.45, 2.75) is 0 Å². The number of hydrogen-bond donors (Lipinski definition) is 5. The van der Waals surface area contributed by atoms with Crippen LogP contribution in [0.25, 0.3) is 0 Å². The standard InChI is InChI=1S/C10H16N2O8.C3HCl2N3O.Na.H/c13-7(14)3-11(4-8(15)16)1-2-12(5-9(17)18)6-10(19)20;4-1-6-2(5)8-3(9)7-1;;/h1-6H2,(H,13,14)(H,15,16)(H,17,18)(H,19,20);(H,6,7,8,9);;. The molecule has 14 nitrogen and oxygen atoms in total. The minimum absolute atomic E-state index is 0. The summed E-state index contributed by atoms with van der Waals surface area (Å²) in [6.07, 6.45) is 0. The Morgan fingerprint density at radius 1 is 0.667 bits per heavy atom. The average Bonchev–Trinajstić information content (AvgIpc) is 2.49. The maximum absolute atomic E-state index is 10.6. The Labute approximate surface area is 201 Å². The quantitative estimate of drug-likeness (QED) is 0.219. The molecule has 0 aliphatic carbocycles. The van der Waals surface area contributed by atoms with Crippen LogP contribution < -0.4 is 0 Å². The minimum atomic E-state index is -1.23. The molecule has 0 bridgehead atoms. The van der Waals surface area contributed by atoms with Crippen molar-refractivity contribution in [2.24, 2.45) is 0 Å². The molecule has 0 aromatic carbocycles. The summed E-state index contributed by atoms with van der Waals surface area (Å²) in [5.41, 5.74) is 0. The van der Waals surface area contributed by atoms with Gasteiger partial charge in [-0.2, -0.15) is 15.0 Å². The molecule has 0 spiro atoms. The first kappa shape index (κ1) is 30.4. The molecule has 17 heteroatoms. The molecule has 30 heavy (non-hydrogen) atoms. The fourth-order valence-electron chi connectivity index (χ4n) is 1.79. The molecule has 1 rings (SSSR count). The molecule has 0 atom stereocenters.